The van der Waals surface area contributed by atoms with Gasteiger partial charge in [0, 0.05) is 10.8 Å². The third kappa shape index (κ3) is 1.80. The minimum atomic E-state index is -0.326. The lowest BCUT2D eigenvalue weighted by Gasteiger charge is -2.10. The molecule has 2 aromatic rings. The van der Waals surface area contributed by atoms with E-state index in [0.29, 0.717) is 10.8 Å². The molecule has 18 heavy (non-hydrogen) atoms. The second-order valence-electron chi connectivity index (χ2n) is 4.10. The first-order valence-corrected chi connectivity index (χ1v) is 5.52. The molecule has 3 heteroatoms. The topological polar surface area (TPSA) is 60.7 Å². The summed E-state index contributed by atoms with van der Waals surface area (Å²) in [6, 6.07) is 6.81. The van der Waals surface area contributed by atoms with Crippen molar-refractivity contribution in [3.8, 4) is 17.2 Å². The lowest BCUT2D eigenvalue weighted by Crippen LogP contribution is -1.84. The SMILES string of the molecule is C=CC(C)=Cc1c(O)c(O)c2ccccc2c1O. The average Bonchev–Trinajstić information content (AvgIpc) is 2.40. The van der Waals surface area contributed by atoms with Crippen molar-refractivity contribution < 1.29 is 15.3 Å². The zero-order valence-corrected chi connectivity index (χ0v) is 10.0. The molecule has 0 aliphatic rings. The number of rotatable bonds is 2. The molecule has 0 atom stereocenters. The predicted molar refractivity (Wildman–Crippen MR) is 72.8 cm³/mol. The number of hydrogen-bond acceptors (Lipinski definition) is 3. The van der Waals surface area contributed by atoms with E-state index in [1.807, 2.05) is 0 Å². The lowest BCUT2D eigenvalue weighted by molar-refractivity contribution is 0.401. The van der Waals surface area contributed by atoms with Gasteiger partial charge in [0.2, 0.25) is 0 Å². The Morgan fingerprint density at radius 1 is 1.00 bits per heavy atom. The average molecular weight is 242 g/mol. The zero-order valence-electron chi connectivity index (χ0n) is 10.0. The van der Waals surface area contributed by atoms with E-state index in [4.69, 9.17) is 0 Å². The molecule has 92 valence electrons. The van der Waals surface area contributed by atoms with Crippen molar-refractivity contribution in [2.75, 3.05) is 0 Å². The van der Waals surface area contributed by atoms with Gasteiger partial charge in [0.25, 0.3) is 0 Å². The van der Waals surface area contributed by atoms with Crippen LogP contribution in [0.5, 0.6) is 17.2 Å². The number of fused-ring (bicyclic) bond motifs is 1. The smallest absolute Gasteiger partial charge is 0.169 e. The molecule has 0 saturated carbocycles. The lowest BCUT2D eigenvalue weighted by atomic mass is 10.0. The maximum Gasteiger partial charge on any atom is 0.169 e. The van der Waals surface area contributed by atoms with Crippen LogP contribution in [0, 0.1) is 0 Å². The minimum absolute atomic E-state index is 0.0536. The Morgan fingerprint density at radius 2 is 1.56 bits per heavy atom. The van der Waals surface area contributed by atoms with Crippen molar-refractivity contribution in [3.63, 3.8) is 0 Å². The predicted octanol–water partition coefficient (Wildman–Crippen LogP) is 3.55. The second-order valence-corrected chi connectivity index (χ2v) is 4.10. The van der Waals surface area contributed by atoms with E-state index >= 15 is 0 Å². The molecule has 0 spiro atoms. The van der Waals surface area contributed by atoms with Crippen molar-refractivity contribution in [2.24, 2.45) is 0 Å². The maximum atomic E-state index is 10.1. The van der Waals surface area contributed by atoms with Crippen LogP contribution in [-0.2, 0) is 0 Å². The fourth-order valence-electron chi connectivity index (χ4n) is 1.83. The Balaban J connectivity index is 2.87. The van der Waals surface area contributed by atoms with Crippen LogP contribution in [0.4, 0.5) is 0 Å². The Morgan fingerprint density at radius 3 is 2.11 bits per heavy atom. The Bertz CT molecular complexity index is 654. The molecule has 0 amide bonds. The molecule has 3 nitrogen and oxygen atoms in total. The third-order valence-corrected chi connectivity index (χ3v) is 2.87. The highest BCUT2D eigenvalue weighted by atomic mass is 16.3. The third-order valence-electron chi connectivity index (χ3n) is 2.87. The van der Waals surface area contributed by atoms with Gasteiger partial charge in [0.15, 0.2) is 11.5 Å². The highest BCUT2D eigenvalue weighted by Crippen LogP contribution is 2.44. The number of allylic oxidation sites excluding steroid dienone is 2. The van der Waals surface area contributed by atoms with E-state index in [-0.39, 0.29) is 22.8 Å². The first-order chi connectivity index (χ1) is 8.56. The summed E-state index contributed by atoms with van der Waals surface area (Å²) in [5.41, 5.74) is 0.971. The van der Waals surface area contributed by atoms with Gasteiger partial charge < -0.3 is 15.3 Å². The second kappa shape index (κ2) is 4.45. The molecular weight excluding hydrogens is 228 g/mol. The molecule has 0 aliphatic heterocycles. The molecule has 0 heterocycles. The molecule has 0 aliphatic carbocycles. The molecule has 0 aromatic heterocycles. The number of aromatic hydroxyl groups is 3. The van der Waals surface area contributed by atoms with Crippen LogP contribution in [0.2, 0.25) is 0 Å². The maximum absolute atomic E-state index is 10.1. The van der Waals surface area contributed by atoms with Crippen molar-refractivity contribution in [2.45, 2.75) is 6.92 Å². The van der Waals surface area contributed by atoms with Crippen molar-refractivity contribution in [1.82, 2.24) is 0 Å². The van der Waals surface area contributed by atoms with Crippen LogP contribution in [-0.4, -0.2) is 15.3 Å². The van der Waals surface area contributed by atoms with Crippen LogP contribution in [0.1, 0.15) is 12.5 Å². The highest BCUT2D eigenvalue weighted by Gasteiger charge is 2.16. The van der Waals surface area contributed by atoms with Gasteiger partial charge in [-0.3, -0.25) is 0 Å². The van der Waals surface area contributed by atoms with Gasteiger partial charge in [-0.05, 0) is 13.0 Å². The van der Waals surface area contributed by atoms with E-state index in [1.54, 1.807) is 43.3 Å². The fourth-order valence-corrected chi connectivity index (χ4v) is 1.83. The molecule has 2 aromatic carbocycles. The summed E-state index contributed by atoms with van der Waals surface area (Å²) >= 11 is 0. The summed E-state index contributed by atoms with van der Waals surface area (Å²) in [4.78, 5) is 0. The molecule has 3 N–H and O–H groups in total. The summed E-state index contributed by atoms with van der Waals surface area (Å²) in [6.07, 6.45) is 3.18. The molecule has 0 saturated heterocycles. The number of phenols is 3. The quantitative estimate of drug-likeness (QED) is 0.429. The first-order valence-electron chi connectivity index (χ1n) is 5.52. The molecule has 0 fully saturated rings. The number of phenolic OH excluding ortho intramolecular Hbond substituents is 3. The standard InChI is InChI=1S/C15H14O3/c1-3-9(2)8-12-13(16)10-6-4-5-7-11(10)14(17)15(12)18/h3-8,16-18H,1H2,2H3. The van der Waals surface area contributed by atoms with E-state index in [0.717, 1.165) is 5.57 Å². The van der Waals surface area contributed by atoms with Crippen LogP contribution < -0.4 is 0 Å². The summed E-state index contributed by atoms with van der Waals surface area (Å²) in [6.45, 7) is 5.40. The van der Waals surface area contributed by atoms with Gasteiger partial charge >= 0.3 is 0 Å². The monoisotopic (exact) mass is 242 g/mol. The van der Waals surface area contributed by atoms with E-state index in [9.17, 15) is 15.3 Å². The van der Waals surface area contributed by atoms with Crippen LogP contribution in [0.3, 0.4) is 0 Å². The van der Waals surface area contributed by atoms with Crippen LogP contribution in [0.25, 0.3) is 16.8 Å². The fraction of sp³-hybridized carbons (Fsp3) is 0.0667. The minimum Gasteiger partial charge on any atom is -0.507 e. The van der Waals surface area contributed by atoms with Gasteiger partial charge in [0.05, 0.1) is 5.56 Å². The van der Waals surface area contributed by atoms with Gasteiger partial charge in [0.1, 0.15) is 5.75 Å². The van der Waals surface area contributed by atoms with Crippen molar-refractivity contribution >= 4 is 16.8 Å². The Hall–Kier alpha value is -2.42. The van der Waals surface area contributed by atoms with Gasteiger partial charge in [-0.25, -0.2) is 0 Å². The zero-order chi connectivity index (χ0) is 13.3. The van der Waals surface area contributed by atoms with Gasteiger partial charge in [-0.1, -0.05) is 42.5 Å². The largest absolute Gasteiger partial charge is 0.507 e. The summed E-state index contributed by atoms with van der Waals surface area (Å²) in [5.74, 6) is -0.610. The van der Waals surface area contributed by atoms with Crippen molar-refractivity contribution in [1.29, 1.82) is 0 Å². The van der Waals surface area contributed by atoms with Gasteiger partial charge in [-0.15, -0.1) is 0 Å². The summed E-state index contributed by atoms with van der Waals surface area (Å²) in [7, 11) is 0. The first kappa shape index (κ1) is 12.0. The van der Waals surface area contributed by atoms with E-state index < -0.39 is 0 Å². The van der Waals surface area contributed by atoms with Gasteiger partial charge in [-0.2, -0.15) is 0 Å². The normalized spacial score (nSPS) is 11.7. The van der Waals surface area contributed by atoms with Crippen LogP contribution >= 0.6 is 0 Å². The molecule has 0 unspecified atom stereocenters. The Kier molecular flexibility index (Phi) is 2.98. The molecule has 0 bridgehead atoms. The van der Waals surface area contributed by atoms with E-state index in [1.165, 1.54) is 0 Å². The van der Waals surface area contributed by atoms with E-state index in [2.05, 4.69) is 6.58 Å². The molecule has 0 radical (unpaired) electrons. The summed E-state index contributed by atoms with van der Waals surface area (Å²) in [5, 5.41) is 30.9. The Labute approximate surface area is 105 Å². The molecule has 2 rings (SSSR count). The number of benzene rings is 2. The molecular formula is C15H14O3. The van der Waals surface area contributed by atoms with Crippen LogP contribution in [0.15, 0.2) is 42.5 Å². The van der Waals surface area contributed by atoms with Crippen molar-refractivity contribution in [3.05, 3.63) is 48.1 Å². The summed E-state index contributed by atoms with van der Waals surface area (Å²) < 4.78 is 0. The number of hydrogen-bond donors (Lipinski definition) is 3. The highest BCUT2D eigenvalue weighted by molar-refractivity contribution is 5.99.